The molecule has 1 heterocycles. The number of rotatable bonds is 6. The Morgan fingerprint density at radius 3 is 2.53 bits per heavy atom. The lowest BCUT2D eigenvalue weighted by Crippen LogP contribution is -1.92. The van der Waals surface area contributed by atoms with Crippen LogP contribution in [0.1, 0.15) is 44.4 Å². The third-order valence-corrected chi connectivity index (χ3v) is 4.01. The molecule has 0 unspecified atom stereocenters. The van der Waals surface area contributed by atoms with E-state index >= 15 is 0 Å². The third-order valence-electron chi connectivity index (χ3n) is 2.51. The molecule has 0 radical (unpaired) electrons. The van der Waals surface area contributed by atoms with Crippen molar-refractivity contribution >= 4 is 23.6 Å². The maximum atomic E-state index is 9.87. The van der Waals surface area contributed by atoms with E-state index in [4.69, 9.17) is 12.2 Å². The molecule has 0 amide bonds. The Morgan fingerprint density at radius 2 is 2.00 bits per heavy atom. The number of aromatic hydroxyl groups is 1. The van der Waals surface area contributed by atoms with Crippen LogP contribution < -0.4 is 0 Å². The van der Waals surface area contributed by atoms with Crippen LogP contribution in [0.2, 0.25) is 0 Å². The van der Waals surface area contributed by atoms with Gasteiger partial charge in [-0.2, -0.15) is 0 Å². The number of unbranched alkanes of at least 4 members (excludes halogenated alkanes) is 3. The highest BCUT2D eigenvalue weighted by Gasteiger charge is 2.09. The highest BCUT2D eigenvalue weighted by molar-refractivity contribution is 7.73. The minimum Gasteiger partial charge on any atom is -0.494 e. The fourth-order valence-corrected chi connectivity index (χ4v) is 3.10. The Labute approximate surface area is 101 Å². The number of aromatic nitrogens is 1. The number of hydrogen-bond acceptors (Lipinski definition) is 3. The van der Waals surface area contributed by atoms with E-state index in [-0.39, 0.29) is 0 Å². The highest BCUT2D eigenvalue weighted by Crippen LogP contribution is 2.27. The summed E-state index contributed by atoms with van der Waals surface area (Å²) in [4.78, 5) is 1.05. The maximum absolute atomic E-state index is 9.87. The average Bonchev–Trinajstić information content (AvgIpc) is 2.49. The standard InChI is InChI=1S/C11H19NOS2/c1-3-5-6-7-8-9-10(13)12(4-2)11(14)15-9/h13H,3-8H2,1-2H3. The predicted molar refractivity (Wildman–Crippen MR) is 68.3 cm³/mol. The molecule has 1 aromatic rings. The van der Waals surface area contributed by atoms with Crippen molar-refractivity contribution in [3.63, 3.8) is 0 Å². The largest absolute Gasteiger partial charge is 0.494 e. The molecular formula is C11H19NOS2. The summed E-state index contributed by atoms with van der Waals surface area (Å²) in [5, 5.41) is 9.87. The molecule has 2 nitrogen and oxygen atoms in total. The van der Waals surface area contributed by atoms with Gasteiger partial charge in [0.2, 0.25) is 5.88 Å². The molecule has 15 heavy (non-hydrogen) atoms. The van der Waals surface area contributed by atoms with E-state index in [0.29, 0.717) is 5.88 Å². The minimum absolute atomic E-state index is 0.393. The van der Waals surface area contributed by atoms with E-state index in [1.54, 1.807) is 15.9 Å². The third kappa shape index (κ3) is 3.31. The maximum Gasteiger partial charge on any atom is 0.206 e. The first-order valence-corrected chi connectivity index (χ1v) is 6.84. The first-order valence-electron chi connectivity index (χ1n) is 5.62. The zero-order valence-electron chi connectivity index (χ0n) is 9.45. The van der Waals surface area contributed by atoms with E-state index < -0.39 is 0 Å². The summed E-state index contributed by atoms with van der Waals surface area (Å²) in [6.07, 6.45) is 5.89. The van der Waals surface area contributed by atoms with Crippen LogP contribution >= 0.6 is 23.6 Å². The zero-order valence-corrected chi connectivity index (χ0v) is 11.1. The summed E-state index contributed by atoms with van der Waals surface area (Å²) < 4.78 is 2.59. The van der Waals surface area contributed by atoms with E-state index in [0.717, 1.165) is 28.2 Å². The second-order valence-corrected chi connectivity index (χ2v) is 5.40. The number of hydrogen-bond donors (Lipinski definition) is 1. The lowest BCUT2D eigenvalue weighted by Gasteiger charge is -2.01. The summed E-state index contributed by atoms with van der Waals surface area (Å²) in [5.41, 5.74) is 0. The monoisotopic (exact) mass is 245 g/mol. The summed E-state index contributed by atoms with van der Waals surface area (Å²) in [5.74, 6) is 0.393. The molecule has 4 heteroatoms. The van der Waals surface area contributed by atoms with E-state index in [2.05, 4.69) is 6.92 Å². The molecule has 0 aliphatic rings. The van der Waals surface area contributed by atoms with Crippen molar-refractivity contribution in [2.24, 2.45) is 0 Å². The Bertz CT molecular complexity index is 354. The SMILES string of the molecule is CCCCCCc1sc(=S)n(CC)c1O. The van der Waals surface area contributed by atoms with Gasteiger partial charge < -0.3 is 5.11 Å². The normalized spacial score (nSPS) is 10.8. The van der Waals surface area contributed by atoms with Crippen molar-refractivity contribution in [2.75, 3.05) is 0 Å². The van der Waals surface area contributed by atoms with Crippen LogP contribution in [0.4, 0.5) is 0 Å². The Balaban J connectivity index is 2.58. The Kier molecular flexibility index (Phi) is 5.32. The molecule has 1 aromatic heterocycles. The van der Waals surface area contributed by atoms with E-state index in [9.17, 15) is 5.11 Å². The van der Waals surface area contributed by atoms with Crippen molar-refractivity contribution in [1.29, 1.82) is 0 Å². The van der Waals surface area contributed by atoms with E-state index in [1.165, 1.54) is 19.3 Å². The Morgan fingerprint density at radius 1 is 1.27 bits per heavy atom. The molecule has 0 saturated carbocycles. The second kappa shape index (κ2) is 6.28. The molecule has 1 rings (SSSR count). The van der Waals surface area contributed by atoms with Gasteiger partial charge in [0.05, 0.1) is 4.88 Å². The molecule has 0 saturated heterocycles. The van der Waals surface area contributed by atoms with Crippen molar-refractivity contribution in [3.05, 3.63) is 8.83 Å². The van der Waals surface area contributed by atoms with Gasteiger partial charge in [-0.05, 0) is 32.0 Å². The molecule has 0 atom stereocenters. The van der Waals surface area contributed by atoms with Crippen molar-refractivity contribution in [2.45, 2.75) is 52.5 Å². The fraction of sp³-hybridized carbons (Fsp3) is 0.727. The average molecular weight is 245 g/mol. The molecule has 0 bridgehead atoms. The van der Waals surface area contributed by atoms with Gasteiger partial charge in [0, 0.05) is 6.54 Å². The number of thiazole rings is 1. The van der Waals surface area contributed by atoms with Gasteiger partial charge in [0.1, 0.15) is 0 Å². The fourth-order valence-electron chi connectivity index (χ4n) is 1.60. The zero-order chi connectivity index (χ0) is 11.3. The van der Waals surface area contributed by atoms with Gasteiger partial charge in [-0.25, -0.2) is 0 Å². The van der Waals surface area contributed by atoms with Crippen LogP contribution in [0.15, 0.2) is 0 Å². The predicted octanol–water partition coefficient (Wildman–Crippen LogP) is 4.13. The molecule has 1 N–H and O–H groups in total. The molecule has 0 fully saturated rings. The minimum atomic E-state index is 0.393. The van der Waals surface area contributed by atoms with Crippen LogP contribution in [-0.2, 0) is 13.0 Å². The smallest absolute Gasteiger partial charge is 0.206 e. The summed E-state index contributed by atoms with van der Waals surface area (Å²) in [6.45, 7) is 4.97. The molecule has 0 aliphatic carbocycles. The molecule has 0 aromatic carbocycles. The first kappa shape index (κ1) is 12.7. The van der Waals surface area contributed by atoms with Gasteiger partial charge in [0.25, 0.3) is 0 Å². The summed E-state index contributed by atoms with van der Waals surface area (Å²) in [7, 11) is 0. The number of nitrogens with zero attached hydrogens (tertiary/aromatic N) is 1. The van der Waals surface area contributed by atoms with Gasteiger partial charge in [-0.1, -0.05) is 26.2 Å². The van der Waals surface area contributed by atoms with Gasteiger partial charge in [-0.3, -0.25) is 4.57 Å². The van der Waals surface area contributed by atoms with Gasteiger partial charge in [-0.15, -0.1) is 11.3 Å². The van der Waals surface area contributed by atoms with Crippen molar-refractivity contribution in [3.8, 4) is 5.88 Å². The van der Waals surface area contributed by atoms with Crippen molar-refractivity contribution in [1.82, 2.24) is 4.57 Å². The molecule has 0 spiro atoms. The van der Waals surface area contributed by atoms with Crippen LogP contribution in [0.3, 0.4) is 0 Å². The molecule has 0 aliphatic heterocycles. The van der Waals surface area contributed by atoms with Gasteiger partial charge >= 0.3 is 0 Å². The van der Waals surface area contributed by atoms with Crippen LogP contribution in [0.25, 0.3) is 0 Å². The molecule has 86 valence electrons. The second-order valence-electron chi connectivity index (χ2n) is 3.67. The number of aryl methyl sites for hydroxylation is 1. The van der Waals surface area contributed by atoms with Crippen LogP contribution in [-0.4, -0.2) is 9.67 Å². The Hall–Kier alpha value is -0.350. The summed E-state index contributed by atoms with van der Waals surface area (Å²) in [6, 6.07) is 0. The van der Waals surface area contributed by atoms with E-state index in [1.807, 2.05) is 6.92 Å². The first-order chi connectivity index (χ1) is 7.20. The lowest BCUT2D eigenvalue weighted by atomic mass is 10.1. The topological polar surface area (TPSA) is 25.2 Å². The summed E-state index contributed by atoms with van der Waals surface area (Å²) >= 11 is 6.73. The van der Waals surface area contributed by atoms with Crippen LogP contribution in [0, 0.1) is 3.95 Å². The lowest BCUT2D eigenvalue weighted by molar-refractivity contribution is 0.413. The van der Waals surface area contributed by atoms with Gasteiger partial charge in [0.15, 0.2) is 3.95 Å². The molecular weight excluding hydrogens is 226 g/mol. The quantitative estimate of drug-likeness (QED) is 0.602. The highest BCUT2D eigenvalue weighted by atomic mass is 32.1. The van der Waals surface area contributed by atoms with Crippen molar-refractivity contribution < 1.29 is 5.11 Å². The van der Waals surface area contributed by atoms with Crippen LogP contribution in [0.5, 0.6) is 5.88 Å².